The van der Waals surface area contributed by atoms with E-state index in [2.05, 4.69) is 29.0 Å². The van der Waals surface area contributed by atoms with Crippen LogP contribution in [0, 0.1) is 0 Å². The maximum Gasteiger partial charge on any atom is 0.200 e. The van der Waals surface area contributed by atoms with Crippen molar-refractivity contribution in [2.24, 2.45) is 5.10 Å². The van der Waals surface area contributed by atoms with Gasteiger partial charge < -0.3 is 14.4 Å². The third-order valence-electron chi connectivity index (χ3n) is 6.62. The molecule has 1 unspecified atom stereocenters. The molecule has 1 saturated heterocycles. The number of nitrogens with zero attached hydrogens (tertiary/aromatic N) is 3. The number of methoxy groups -OCH3 is 1. The van der Waals surface area contributed by atoms with Crippen LogP contribution in [0.15, 0.2) is 41.5 Å². The van der Waals surface area contributed by atoms with Gasteiger partial charge in [0.15, 0.2) is 0 Å². The van der Waals surface area contributed by atoms with Crippen molar-refractivity contribution in [1.82, 2.24) is 9.91 Å². The lowest BCUT2D eigenvalue weighted by molar-refractivity contribution is -0.149. The summed E-state index contributed by atoms with van der Waals surface area (Å²) in [6.07, 6.45) is 3.73. The molecule has 3 heterocycles. The molecule has 2 aromatic rings. The van der Waals surface area contributed by atoms with Crippen LogP contribution in [0.2, 0.25) is 10.0 Å². The van der Waals surface area contributed by atoms with Crippen LogP contribution >= 0.6 is 23.2 Å². The zero-order chi connectivity index (χ0) is 21.6. The summed E-state index contributed by atoms with van der Waals surface area (Å²) >= 11 is 13.0. The van der Waals surface area contributed by atoms with Gasteiger partial charge in [0.05, 0.1) is 23.9 Å². The normalized spacial score (nSPS) is 22.0. The van der Waals surface area contributed by atoms with Gasteiger partial charge in [0.1, 0.15) is 11.5 Å². The third-order valence-corrected chi connectivity index (χ3v) is 7.12. The minimum Gasteiger partial charge on any atom is -0.497 e. The van der Waals surface area contributed by atoms with Crippen LogP contribution in [-0.4, -0.2) is 48.1 Å². The van der Waals surface area contributed by atoms with Crippen molar-refractivity contribution >= 4 is 28.9 Å². The van der Waals surface area contributed by atoms with Crippen LogP contribution in [0.4, 0.5) is 0 Å². The number of hydrogen-bond acceptors (Lipinski definition) is 5. The van der Waals surface area contributed by atoms with E-state index in [9.17, 15) is 0 Å². The Morgan fingerprint density at radius 2 is 1.90 bits per heavy atom. The first-order valence-corrected chi connectivity index (χ1v) is 11.7. The van der Waals surface area contributed by atoms with Crippen molar-refractivity contribution in [1.29, 1.82) is 0 Å². The van der Waals surface area contributed by atoms with Gasteiger partial charge in [-0.25, -0.2) is 5.01 Å². The van der Waals surface area contributed by atoms with Gasteiger partial charge in [-0.05, 0) is 54.9 Å². The molecular weight excluding hydrogens is 433 g/mol. The van der Waals surface area contributed by atoms with E-state index in [1.807, 2.05) is 18.2 Å². The zero-order valence-corrected chi connectivity index (χ0v) is 19.4. The molecule has 0 aromatic heterocycles. The second-order valence-electron chi connectivity index (χ2n) is 8.54. The molecule has 0 bridgehead atoms. The first kappa shape index (κ1) is 20.9. The summed E-state index contributed by atoms with van der Waals surface area (Å²) in [7, 11) is 1.68. The number of halogens is 2. The van der Waals surface area contributed by atoms with Gasteiger partial charge in [0.2, 0.25) is 5.72 Å². The lowest BCUT2D eigenvalue weighted by atomic mass is 9.90. The summed E-state index contributed by atoms with van der Waals surface area (Å²) < 4.78 is 12.0. The van der Waals surface area contributed by atoms with Crippen molar-refractivity contribution < 1.29 is 9.47 Å². The van der Waals surface area contributed by atoms with Crippen molar-refractivity contribution in [3.05, 3.63) is 57.6 Å². The summed E-state index contributed by atoms with van der Waals surface area (Å²) in [6, 6.07) is 11.9. The predicted octanol–water partition coefficient (Wildman–Crippen LogP) is 5.75. The Balaban J connectivity index is 1.54. The van der Waals surface area contributed by atoms with Gasteiger partial charge in [-0.3, -0.25) is 0 Å². The molecule has 5 rings (SSSR count). The molecule has 1 atom stereocenters. The molecular formula is C24H27Cl2N3O2. The Morgan fingerprint density at radius 1 is 1.16 bits per heavy atom. The van der Waals surface area contributed by atoms with E-state index in [0.717, 1.165) is 73.7 Å². The van der Waals surface area contributed by atoms with Crippen molar-refractivity contribution in [3.63, 3.8) is 0 Å². The van der Waals surface area contributed by atoms with E-state index in [1.165, 1.54) is 0 Å². The van der Waals surface area contributed by atoms with E-state index in [1.54, 1.807) is 13.2 Å². The third kappa shape index (κ3) is 3.67. The molecule has 0 saturated carbocycles. The number of hydrazone groups is 1. The summed E-state index contributed by atoms with van der Waals surface area (Å²) in [5.74, 6) is 1.61. The number of likely N-dealkylation sites (tertiary alicyclic amines) is 1. The first-order chi connectivity index (χ1) is 15.0. The smallest absolute Gasteiger partial charge is 0.200 e. The topological polar surface area (TPSA) is 37.3 Å². The van der Waals surface area contributed by atoms with Crippen LogP contribution in [0.1, 0.15) is 49.8 Å². The molecule has 0 radical (unpaired) electrons. The molecule has 2 aromatic carbocycles. The molecule has 0 N–H and O–H groups in total. The highest BCUT2D eigenvalue weighted by Gasteiger charge is 2.52. The van der Waals surface area contributed by atoms with Crippen molar-refractivity contribution in [2.75, 3.05) is 26.7 Å². The Labute approximate surface area is 193 Å². The monoisotopic (exact) mass is 459 g/mol. The minimum absolute atomic E-state index is 0.0646. The predicted molar refractivity (Wildman–Crippen MR) is 125 cm³/mol. The fraction of sp³-hybridized carbons (Fsp3) is 0.458. The van der Waals surface area contributed by atoms with Crippen LogP contribution in [0.3, 0.4) is 0 Å². The van der Waals surface area contributed by atoms with E-state index in [-0.39, 0.29) is 6.04 Å². The molecule has 7 heteroatoms. The van der Waals surface area contributed by atoms with Crippen LogP contribution in [0.25, 0.3) is 0 Å². The van der Waals surface area contributed by atoms with Crippen LogP contribution in [-0.2, 0) is 0 Å². The van der Waals surface area contributed by atoms with E-state index < -0.39 is 5.72 Å². The van der Waals surface area contributed by atoms with Crippen LogP contribution in [0.5, 0.6) is 11.5 Å². The van der Waals surface area contributed by atoms with Crippen molar-refractivity contribution in [3.8, 4) is 11.5 Å². The Morgan fingerprint density at radius 3 is 2.58 bits per heavy atom. The maximum atomic E-state index is 6.69. The molecule has 0 amide bonds. The number of fused-ring (bicyclic) bond motifs is 4. The van der Waals surface area contributed by atoms with Gasteiger partial charge in [-0.2, -0.15) is 5.10 Å². The zero-order valence-electron chi connectivity index (χ0n) is 17.9. The van der Waals surface area contributed by atoms with E-state index >= 15 is 0 Å². The number of benzene rings is 2. The molecule has 1 spiro atoms. The molecule has 3 aliphatic rings. The second kappa shape index (κ2) is 8.19. The van der Waals surface area contributed by atoms with E-state index in [0.29, 0.717) is 10.0 Å². The largest absolute Gasteiger partial charge is 0.497 e. The van der Waals surface area contributed by atoms with Crippen LogP contribution < -0.4 is 9.47 Å². The Kier molecular flexibility index (Phi) is 5.53. The minimum atomic E-state index is -0.479. The fourth-order valence-electron chi connectivity index (χ4n) is 5.03. The number of ether oxygens (including phenoxy) is 2. The second-order valence-corrected chi connectivity index (χ2v) is 9.38. The Hall–Kier alpha value is -1.95. The molecule has 1 fully saturated rings. The molecule has 3 aliphatic heterocycles. The molecule has 0 aliphatic carbocycles. The summed E-state index contributed by atoms with van der Waals surface area (Å²) in [5.41, 5.74) is 2.69. The summed E-state index contributed by atoms with van der Waals surface area (Å²) in [4.78, 5) is 2.51. The SMILES string of the molecule is CCCN1CCC2(CC1)Oc1c(Cl)cc(Cl)cc1C1CC(c3ccc(OC)cc3)=NN12. The van der Waals surface area contributed by atoms with Crippen molar-refractivity contribution in [2.45, 2.75) is 44.4 Å². The fourth-order valence-corrected chi connectivity index (χ4v) is 5.58. The van der Waals surface area contributed by atoms with Gasteiger partial charge in [-0.15, -0.1) is 0 Å². The lowest BCUT2D eigenvalue weighted by Gasteiger charge is -2.51. The maximum absolute atomic E-state index is 6.69. The summed E-state index contributed by atoms with van der Waals surface area (Å²) in [6.45, 7) is 5.33. The quantitative estimate of drug-likeness (QED) is 0.583. The standard InChI is InChI=1S/C24H27Cl2N3O2/c1-3-10-28-11-8-24(9-12-28)29-22(19-13-17(25)14-20(26)23(19)31-24)15-21(27-29)16-4-6-18(30-2)7-5-16/h4-7,13-14,22H,3,8-12,15H2,1-2H3. The average Bonchev–Trinajstić information content (AvgIpc) is 3.24. The van der Waals surface area contributed by atoms with E-state index in [4.69, 9.17) is 37.8 Å². The molecule has 5 nitrogen and oxygen atoms in total. The number of rotatable bonds is 4. The molecule has 164 valence electrons. The summed E-state index contributed by atoms with van der Waals surface area (Å²) in [5, 5.41) is 8.52. The first-order valence-electron chi connectivity index (χ1n) is 10.9. The van der Waals surface area contributed by atoms with Gasteiger partial charge in [-0.1, -0.05) is 30.1 Å². The average molecular weight is 460 g/mol. The number of piperidine rings is 1. The highest BCUT2D eigenvalue weighted by atomic mass is 35.5. The van der Waals surface area contributed by atoms with Gasteiger partial charge in [0.25, 0.3) is 0 Å². The lowest BCUT2D eigenvalue weighted by Crippen LogP contribution is -2.59. The highest BCUT2D eigenvalue weighted by molar-refractivity contribution is 6.35. The molecule has 31 heavy (non-hydrogen) atoms. The van der Waals surface area contributed by atoms with Gasteiger partial charge >= 0.3 is 0 Å². The van der Waals surface area contributed by atoms with Gasteiger partial charge in [0, 0.05) is 42.9 Å². The highest BCUT2D eigenvalue weighted by Crippen LogP contribution is 2.52. The number of hydrogen-bond donors (Lipinski definition) is 0. The Bertz CT molecular complexity index is 1000.